The lowest BCUT2D eigenvalue weighted by Gasteiger charge is -2.10. The van der Waals surface area contributed by atoms with Gasteiger partial charge in [-0.05, 0) is 60.9 Å². The van der Waals surface area contributed by atoms with Crippen LogP contribution in [-0.2, 0) is 26.5 Å². The van der Waals surface area contributed by atoms with Crippen molar-refractivity contribution in [1.82, 2.24) is 9.97 Å². The number of aromatic nitrogens is 2. The van der Waals surface area contributed by atoms with Gasteiger partial charge in [0.15, 0.2) is 0 Å². The molecule has 0 atom stereocenters. The molecule has 30 heavy (non-hydrogen) atoms. The van der Waals surface area contributed by atoms with E-state index < -0.39 is 20.0 Å². The Morgan fingerprint density at radius 2 is 1.30 bits per heavy atom. The van der Waals surface area contributed by atoms with Gasteiger partial charge in [-0.15, -0.1) is 0 Å². The highest BCUT2D eigenvalue weighted by Gasteiger charge is 2.17. The molecule has 2 N–H and O–H groups in total. The minimum atomic E-state index is -3.89. The average molecular weight is 447 g/mol. The zero-order valence-corrected chi connectivity index (χ0v) is 17.9. The summed E-state index contributed by atoms with van der Waals surface area (Å²) >= 11 is 0. The smallest absolute Gasteiger partial charge is 0.264 e. The van der Waals surface area contributed by atoms with Crippen molar-refractivity contribution in [2.24, 2.45) is 0 Å². The second-order valence-electron chi connectivity index (χ2n) is 6.56. The second-order valence-corrected chi connectivity index (χ2v) is 9.92. The molecule has 0 aliphatic carbocycles. The van der Waals surface area contributed by atoms with Crippen LogP contribution in [0.4, 0.5) is 11.6 Å². The molecule has 1 aromatic heterocycles. The van der Waals surface area contributed by atoms with Gasteiger partial charge in [0, 0.05) is 18.1 Å². The maximum atomic E-state index is 12.6. The third-order valence-corrected chi connectivity index (χ3v) is 7.00. The van der Waals surface area contributed by atoms with Crippen molar-refractivity contribution in [3.8, 4) is 0 Å². The lowest BCUT2D eigenvalue weighted by atomic mass is 10.1. The predicted molar refractivity (Wildman–Crippen MR) is 115 cm³/mol. The summed E-state index contributed by atoms with van der Waals surface area (Å²) in [6.45, 7) is 2.10. The summed E-state index contributed by atoms with van der Waals surface area (Å²) in [5, 5.41) is 0. The van der Waals surface area contributed by atoms with E-state index in [0.717, 1.165) is 24.8 Å². The van der Waals surface area contributed by atoms with E-state index in [1.165, 1.54) is 36.7 Å². The average Bonchev–Trinajstić information content (AvgIpc) is 2.73. The Hall–Kier alpha value is -2.98. The molecular formula is C20H22N4O4S2. The summed E-state index contributed by atoms with van der Waals surface area (Å²) in [5.74, 6) is -0.0512. The minimum Gasteiger partial charge on any atom is -0.280 e. The number of rotatable bonds is 9. The van der Waals surface area contributed by atoms with Crippen LogP contribution in [0.5, 0.6) is 0 Å². The number of hydrogen-bond acceptors (Lipinski definition) is 6. The van der Waals surface area contributed by atoms with Crippen molar-refractivity contribution >= 4 is 31.7 Å². The van der Waals surface area contributed by atoms with Crippen molar-refractivity contribution in [1.29, 1.82) is 0 Å². The second kappa shape index (κ2) is 9.23. The summed E-state index contributed by atoms with van der Waals surface area (Å²) in [4.78, 5) is 7.73. The van der Waals surface area contributed by atoms with Crippen LogP contribution in [0, 0.1) is 0 Å². The molecule has 2 aromatic carbocycles. The Kier molecular flexibility index (Phi) is 6.68. The van der Waals surface area contributed by atoms with Gasteiger partial charge in [-0.25, -0.2) is 31.5 Å². The lowest BCUT2D eigenvalue weighted by Crippen LogP contribution is -2.15. The molecule has 3 aromatic rings. The first-order chi connectivity index (χ1) is 14.3. The molecule has 0 aliphatic rings. The van der Waals surface area contributed by atoms with E-state index in [4.69, 9.17) is 0 Å². The third-order valence-electron chi connectivity index (χ3n) is 4.26. The van der Waals surface area contributed by atoms with Gasteiger partial charge >= 0.3 is 0 Å². The Morgan fingerprint density at radius 1 is 0.767 bits per heavy atom. The van der Waals surface area contributed by atoms with E-state index in [9.17, 15) is 16.8 Å². The monoisotopic (exact) mass is 446 g/mol. The van der Waals surface area contributed by atoms with E-state index in [1.54, 1.807) is 30.3 Å². The predicted octanol–water partition coefficient (Wildman–Crippen LogP) is 3.42. The van der Waals surface area contributed by atoms with Gasteiger partial charge < -0.3 is 0 Å². The molecule has 0 amide bonds. The van der Waals surface area contributed by atoms with E-state index in [-0.39, 0.29) is 21.4 Å². The lowest BCUT2D eigenvalue weighted by molar-refractivity contribution is 0.599. The van der Waals surface area contributed by atoms with Crippen molar-refractivity contribution in [2.75, 3.05) is 9.44 Å². The zero-order chi connectivity index (χ0) is 21.6. The van der Waals surface area contributed by atoms with Gasteiger partial charge in [0.2, 0.25) is 5.95 Å². The molecule has 0 saturated heterocycles. The first-order valence-electron chi connectivity index (χ1n) is 9.32. The van der Waals surface area contributed by atoms with Crippen molar-refractivity contribution in [3.05, 3.63) is 72.6 Å². The van der Waals surface area contributed by atoms with Gasteiger partial charge in [0.25, 0.3) is 20.0 Å². The molecule has 8 nitrogen and oxygen atoms in total. The Morgan fingerprint density at radius 3 is 1.87 bits per heavy atom. The molecule has 0 fully saturated rings. The van der Waals surface area contributed by atoms with Crippen LogP contribution in [-0.4, -0.2) is 26.8 Å². The Bertz CT molecular complexity index is 1180. The van der Waals surface area contributed by atoms with Crippen LogP contribution in [0.2, 0.25) is 0 Å². The number of sulfonamides is 2. The first kappa shape index (κ1) is 21.7. The number of aryl methyl sites for hydroxylation is 1. The number of benzene rings is 2. The normalized spacial score (nSPS) is 11.8. The number of nitrogens with one attached hydrogen (secondary N) is 2. The molecule has 0 saturated carbocycles. The van der Waals surface area contributed by atoms with Gasteiger partial charge in [-0.2, -0.15) is 0 Å². The fourth-order valence-electron chi connectivity index (χ4n) is 2.66. The molecule has 0 radical (unpaired) electrons. The molecule has 0 unspecified atom stereocenters. The maximum Gasteiger partial charge on any atom is 0.264 e. The topological polar surface area (TPSA) is 118 Å². The quantitative estimate of drug-likeness (QED) is 0.520. The van der Waals surface area contributed by atoms with Crippen LogP contribution in [0.15, 0.2) is 76.8 Å². The Balaban J connectivity index is 1.71. The summed E-state index contributed by atoms with van der Waals surface area (Å²) in [5.41, 5.74) is 1.33. The van der Waals surface area contributed by atoms with Crippen LogP contribution in [0.1, 0.15) is 25.3 Å². The van der Waals surface area contributed by atoms with Crippen molar-refractivity contribution < 1.29 is 16.8 Å². The molecule has 0 aliphatic heterocycles. The minimum absolute atomic E-state index is 0.0434. The highest BCUT2D eigenvalue weighted by Crippen LogP contribution is 2.20. The van der Waals surface area contributed by atoms with Gasteiger partial charge in [-0.1, -0.05) is 25.5 Å². The first-order valence-corrected chi connectivity index (χ1v) is 12.3. The van der Waals surface area contributed by atoms with Gasteiger partial charge in [0.05, 0.1) is 9.79 Å². The van der Waals surface area contributed by atoms with Crippen LogP contribution in [0.25, 0.3) is 0 Å². The van der Waals surface area contributed by atoms with E-state index in [2.05, 4.69) is 26.3 Å². The highest BCUT2D eigenvalue weighted by molar-refractivity contribution is 7.93. The van der Waals surface area contributed by atoms with Crippen molar-refractivity contribution in [2.45, 2.75) is 36.0 Å². The van der Waals surface area contributed by atoms with E-state index in [0.29, 0.717) is 0 Å². The standard InChI is InChI=1S/C20H22N4O4S2/c1-2-3-5-16-6-10-18(11-7-16)29(25,26)23-17-8-12-19(13-9-17)30(27,28)24-20-21-14-4-15-22-20/h4,6-15,23H,2-3,5H2,1H3,(H,21,22,24). The molecule has 0 bridgehead atoms. The largest absolute Gasteiger partial charge is 0.280 e. The molecule has 10 heteroatoms. The number of anilines is 2. The molecule has 3 rings (SSSR count). The van der Waals surface area contributed by atoms with E-state index in [1.807, 2.05) is 0 Å². The molecule has 0 spiro atoms. The summed E-state index contributed by atoms with van der Waals surface area (Å²) in [7, 11) is -7.67. The van der Waals surface area contributed by atoms with E-state index >= 15 is 0 Å². The van der Waals surface area contributed by atoms with Crippen molar-refractivity contribution in [3.63, 3.8) is 0 Å². The number of nitrogens with zero attached hydrogens (tertiary/aromatic N) is 2. The fourth-order valence-corrected chi connectivity index (χ4v) is 4.68. The highest BCUT2D eigenvalue weighted by atomic mass is 32.2. The van der Waals surface area contributed by atoms with Crippen LogP contribution >= 0.6 is 0 Å². The molecular weight excluding hydrogens is 424 g/mol. The van der Waals surface area contributed by atoms with Gasteiger partial charge in [0.1, 0.15) is 0 Å². The summed E-state index contributed by atoms with van der Waals surface area (Å²) in [6, 6.07) is 13.7. The fraction of sp³-hybridized carbons (Fsp3) is 0.200. The maximum absolute atomic E-state index is 12.6. The summed E-state index contributed by atoms with van der Waals surface area (Å²) in [6.07, 6.45) is 5.85. The molecule has 158 valence electrons. The zero-order valence-electron chi connectivity index (χ0n) is 16.3. The third kappa shape index (κ3) is 5.55. The SMILES string of the molecule is CCCCc1ccc(S(=O)(=O)Nc2ccc(S(=O)(=O)Nc3ncccn3)cc2)cc1. The Labute approximate surface area is 176 Å². The molecule has 1 heterocycles. The van der Waals surface area contributed by atoms with Crippen LogP contribution in [0.3, 0.4) is 0 Å². The summed E-state index contributed by atoms with van der Waals surface area (Å²) < 4.78 is 54.7. The number of unbranched alkanes of at least 4 members (excludes halogenated alkanes) is 1. The number of hydrogen-bond donors (Lipinski definition) is 2. The van der Waals surface area contributed by atoms with Crippen LogP contribution < -0.4 is 9.44 Å². The van der Waals surface area contributed by atoms with Gasteiger partial charge in [-0.3, -0.25) is 4.72 Å².